The van der Waals surface area contributed by atoms with Crippen LogP contribution in [0.5, 0.6) is 0 Å². The molecule has 0 heterocycles. The third-order valence-corrected chi connectivity index (χ3v) is 1.34. The molecule has 5 heteroatoms. The van der Waals surface area contributed by atoms with E-state index in [2.05, 4.69) is 17.2 Å². The Bertz CT molecular complexity index is 262. The molecule has 1 amide bonds. The minimum atomic E-state index is -0.741. The van der Waals surface area contributed by atoms with Gasteiger partial charge >= 0.3 is 0 Å². The molecule has 0 aromatic heterocycles. The summed E-state index contributed by atoms with van der Waals surface area (Å²) in [6, 6.07) is 0. The largest absolute Gasteiger partial charge is 0.378 e. The fraction of sp³-hybridized carbons (Fsp3) is 0.333. The zero-order valence-electron chi connectivity index (χ0n) is 7.97. The first-order valence-electron chi connectivity index (χ1n) is 4.15. The van der Waals surface area contributed by atoms with Gasteiger partial charge in [-0.3, -0.25) is 4.79 Å². The fourth-order valence-corrected chi connectivity index (χ4v) is 0.775. The molecule has 0 aromatic rings. The molecule has 2 N–H and O–H groups in total. The number of amides is 1. The molecule has 0 aliphatic rings. The summed E-state index contributed by atoms with van der Waals surface area (Å²) in [6.45, 7) is 5.20. The van der Waals surface area contributed by atoms with E-state index >= 15 is 0 Å². The quantitative estimate of drug-likeness (QED) is 0.368. The van der Waals surface area contributed by atoms with E-state index in [0.29, 0.717) is 12.8 Å². The molecule has 14 heavy (non-hydrogen) atoms. The molecule has 0 aliphatic heterocycles. The van der Waals surface area contributed by atoms with Crippen LogP contribution in [0.4, 0.5) is 4.39 Å². The van der Waals surface area contributed by atoms with Gasteiger partial charge in [0.25, 0.3) is 5.91 Å². The van der Waals surface area contributed by atoms with Gasteiger partial charge in [-0.15, -0.1) is 0 Å². The molecular weight excluding hydrogens is 187 g/mol. The van der Waals surface area contributed by atoms with Crippen molar-refractivity contribution < 1.29 is 14.0 Å². The second kappa shape index (κ2) is 6.82. The highest BCUT2D eigenvalue weighted by atomic mass is 19.1. The molecular formula is C9H13FN2O2. The van der Waals surface area contributed by atoms with Crippen LogP contribution in [0, 0.1) is 0 Å². The Labute approximate surface area is 81.9 Å². The van der Waals surface area contributed by atoms with E-state index in [0.717, 1.165) is 6.08 Å². The maximum Gasteiger partial charge on any atom is 0.270 e. The lowest BCUT2D eigenvalue weighted by Crippen LogP contribution is -2.33. The molecule has 0 bridgehead atoms. The van der Waals surface area contributed by atoms with Crippen LogP contribution in [-0.4, -0.2) is 25.3 Å². The summed E-state index contributed by atoms with van der Waals surface area (Å²) < 4.78 is 13.0. The van der Waals surface area contributed by atoms with E-state index < -0.39 is 11.7 Å². The topological polar surface area (TPSA) is 58.2 Å². The summed E-state index contributed by atoms with van der Waals surface area (Å²) in [6.07, 6.45) is 1.45. The molecule has 0 unspecified atom stereocenters. The summed E-state index contributed by atoms with van der Waals surface area (Å²) in [7, 11) is 0. The first kappa shape index (κ1) is 12.3. The van der Waals surface area contributed by atoms with Crippen molar-refractivity contribution in [3.8, 4) is 0 Å². The first-order chi connectivity index (χ1) is 6.67. The third kappa shape index (κ3) is 3.84. The SMILES string of the molecule is C=C/C(F)=C(\NCC)C(=O)NCC=O. The maximum absolute atomic E-state index is 13.0. The number of nitrogens with one attached hydrogen (secondary N) is 2. The Morgan fingerprint density at radius 2 is 2.14 bits per heavy atom. The van der Waals surface area contributed by atoms with Gasteiger partial charge in [0.1, 0.15) is 12.0 Å². The standard InChI is InChI=1S/C9H13FN2O2/c1-3-7(10)8(11-4-2)9(14)12-5-6-13/h3,6,11H,1,4-5H2,2H3,(H,12,14)/b8-7+. The van der Waals surface area contributed by atoms with Crippen molar-refractivity contribution >= 4 is 12.2 Å². The van der Waals surface area contributed by atoms with Crippen LogP contribution in [0.15, 0.2) is 24.2 Å². The van der Waals surface area contributed by atoms with E-state index in [1.54, 1.807) is 6.92 Å². The molecule has 78 valence electrons. The van der Waals surface area contributed by atoms with Gasteiger partial charge in [-0.1, -0.05) is 6.58 Å². The van der Waals surface area contributed by atoms with Gasteiger partial charge < -0.3 is 15.4 Å². The molecule has 0 fully saturated rings. The molecule has 0 rings (SSSR count). The Balaban J connectivity index is 4.56. The monoisotopic (exact) mass is 200 g/mol. The number of carbonyl (C=O) groups is 2. The number of hydrogen-bond donors (Lipinski definition) is 2. The second-order valence-electron chi connectivity index (χ2n) is 2.33. The summed E-state index contributed by atoms with van der Waals surface area (Å²) in [4.78, 5) is 21.2. The molecule has 0 aromatic carbocycles. The van der Waals surface area contributed by atoms with Crippen molar-refractivity contribution in [1.29, 1.82) is 0 Å². The molecule has 0 saturated heterocycles. The Hall–Kier alpha value is -1.65. The van der Waals surface area contributed by atoms with Crippen molar-refractivity contribution in [2.24, 2.45) is 0 Å². The van der Waals surface area contributed by atoms with Crippen molar-refractivity contribution in [3.63, 3.8) is 0 Å². The lowest BCUT2D eigenvalue weighted by molar-refractivity contribution is -0.119. The minimum absolute atomic E-state index is 0.141. The summed E-state index contributed by atoms with van der Waals surface area (Å²) in [5, 5.41) is 4.76. The van der Waals surface area contributed by atoms with Crippen molar-refractivity contribution in [3.05, 3.63) is 24.2 Å². The Morgan fingerprint density at radius 3 is 2.57 bits per heavy atom. The number of rotatable bonds is 6. The van der Waals surface area contributed by atoms with Gasteiger partial charge in [0.2, 0.25) is 0 Å². The highest BCUT2D eigenvalue weighted by Crippen LogP contribution is 2.04. The number of likely N-dealkylation sites (N-methyl/N-ethyl adjacent to an activating group) is 1. The molecule has 0 saturated carbocycles. The lowest BCUT2D eigenvalue weighted by Gasteiger charge is -2.08. The Morgan fingerprint density at radius 1 is 1.50 bits per heavy atom. The zero-order valence-corrected chi connectivity index (χ0v) is 7.97. The zero-order chi connectivity index (χ0) is 11.0. The number of hydrogen-bond acceptors (Lipinski definition) is 3. The number of aldehydes is 1. The molecule has 0 radical (unpaired) electrons. The van der Waals surface area contributed by atoms with Crippen LogP contribution in [0.25, 0.3) is 0 Å². The minimum Gasteiger partial charge on any atom is -0.378 e. The number of allylic oxidation sites excluding steroid dienone is 2. The smallest absolute Gasteiger partial charge is 0.270 e. The van der Waals surface area contributed by atoms with Gasteiger partial charge in [0.15, 0.2) is 5.83 Å². The highest BCUT2D eigenvalue weighted by molar-refractivity contribution is 5.94. The van der Waals surface area contributed by atoms with E-state index in [1.807, 2.05) is 0 Å². The molecule has 0 atom stereocenters. The normalized spacial score (nSPS) is 11.3. The fourth-order valence-electron chi connectivity index (χ4n) is 0.775. The average molecular weight is 200 g/mol. The first-order valence-corrected chi connectivity index (χ1v) is 4.15. The predicted molar refractivity (Wildman–Crippen MR) is 51.1 cm³/mol. The van der Waals surface area contributed by atoms with Crippen LogP contribution in [-0.2, 0) is 9.59 Å². The van der Waals surface area contributed by atoms with Crippen molar-refractivity contribution in [2.75, 3.05) is 13.1 Å². The maximum atomic E-state index is 13.0. The van der Waals surface area contributed by atoms with Crippen LogP contribution in [0.3, 0.4) is 0 Å². The average Bonchev–Trinajstić information content (AvgIpc) is 2.21. The van der Waals surface area contributed by atoms with E-state index in [1.165, 1.54) is 0 Å². The van der Waals surface area contributed by atoms with Crippen molar-refractivity contribution in [2.45, 2.75) is 6.92 Å². The van der Waals surface area contributed by atoms with Gasteiger partial charge in [0.05, 0.1) is 6.54 Å². The lowest BCUT2D eigenvalue weighted by atomic mass is 10.3. The third-order valence-electron chi connectivity index (χ3n) is 1.34. The van der Waals surface area contributed by atoms with Gasteiger partial charge in [-0.05, 0) is 13.0 Å². The van der Waals surface area contributed by atoms with E-state index in [4.69, 9.17) is 0 Å². The molecule has 4 nitrogen and oxygen atoms in total. The summed E-state index contributed by atoms with van der Waals surface area (Å²) >= 11 is 0. The molecule has 0 aliphatic carbocycles. The van der Waals surface area contributed by atoms with Crippen LogP contribution >= 0.6 is 0 Å². The van der Waals surface area contributed by atoms with Crippen LogP contribution < -0.4 is 10.6 Å². The van der Waals surface area contributed by atoms with E-state index in [9.17, 15) is 14.0 Å². The van der Waals surface area contributed by atoms with Gasteiger partial charge in [-0.25, -0.2) is 4.39 Å². The summed E-state index contributed by atoms with van der Waals surface area (Å²) in [5.74, 6) is -1.40. The Kier molecular flexibility index (Phi) is 6.02. The van der Waals surface area contributed by atoms with Crippen LogP contribution in [0.2, 0.25) is 0 Å². The van der Waals surface area contributed by atoms with Crippen molar-refractivity contribution in [1.82, 2.24) is 10.6 Å². The van der Waals surface area contributed by atoms with Gasteiger partial charge in [-0.2, -0.15) is 0 Å². The van der Waals surface area contributed by atoms with E-state index in [-0.39, 0.29) is 12.2 Å². The summed E-state index contributed by atoms with van der Waals surface area (Å²) in [5.41, 5.74) is -0.204. The number of carbonyl (C=O) groups excluding carboxylic acids is 2. The van der Waals surface area contributed by atoms with Gasteiger partial charge in [0, 0.05) is 6.54 Å². The highest BCUT2D eigenvalue weighted by Gasteiger charge is 2.12. The van der Waals surface area contributed by atoms with Crippen LogP contribution in [0.1, 0.15) is 6.92 Å². The predicted octanol–water partition coefficient (Wildman–Crippen LogP) is 0.278. The molecule has 0 spiro atoms. The second-order valence-corrected chi connectivity index (χ2v) is 2.33. The number of halogens is 1.